The lowest BCUT2D eigenvalue weighted by atomic mass is 9.75. The minimum Gasteiger partial charge on any atom is -0.396 e. The van der Waals surface area contributed by atoms with Crippen molar-refractivity contribution in [2.24, 2.45) is 0 Å². The Bertz CT molecular complexity index is 325. The highest BCUT2D eigenvalue weighted by Crippen LogP contribution is 2.36. The second-order valence-electron chi connectivity index (χ2n) is 4.65. The first kappa shape index (κ1) is 11.6. The Morgan fingerprint density at radius 3 is 2.38 bits per heavy atom. The third-order valence-corrected chi connectivity index (χ3v) is 3.54. The SMILES string of the molecule is CCc1ccc(C2(CCCO)COC2)cc1. The Morgan fingerprint density at radius 2 is 1.94 bits per heavy atom. The molecule has 0 aromatic heterocycles. The average molecular weight is 220 g/mol. The summed E-state index contributed by atoms with van der Waals surface area (Å²) in [5.74, 6) is 0. The second-order valence-corrected chi connectivity index (χ2v) is 4.65. The molecule has 1 aromatic rings. The monoisotopic (exact) mass is 220 g/mol. The van der Waals surface area contributed by atoms with E-state index in [-0.39, 0.29) is 12.0 Å². The highest BCUT2D eigenvalue weighted by molar-refractivity contribution is 5.31. The van der Waals surface area contributed by atoms with Crippen molar-refractivity contribution in [3.63, 3.8) is 0 Å². The average Bonchev–Trinajstić information content (AvgIpc) is 2.29. The Balaban J connectivity index is 2.13. The van der Waals surface area contributed by atoms with E-state index in [1.165, 1.54) is 11.1 Å². The van der Waals surface area contributed by atoms with Gasteiger partial charge in [0, 0.05) is 12.0 Å². The Hall–Kier alpha value is -0.860. The van der Waals surface area contributed by atoms with E-state index in [1.54, 1.807) is 0 Å². The lowest BCUT2D eigenvalue weighted by Gasteiger charge is -2.42. The van der Waals surface area contributed by atoms with Crippen LogP contribution in [0.1, 0.15) is 30.9 Å². The molecule has 88 valence electrons. The maximum Gasteiger partial charge on any atom is 0.0585 e. The van der Waals surface area contributed by atoms with E-state index in [0.717, 1.165) is 32.5 Å². The van der Waals surface area contributed by atoms with Crippen molar-refractivity contribution in [1.29, 1.82) is 0 Å². The van der Waals surface area contributed by atoms with E-state index >= 15 is 0 Å². The molecule has 0 unspecified atom stereocenters. The Labute approximate surface area is 97.3 Å². The second kappa shape index (κ2) is 4.98. The number of aliphatic hydroxyl groups is 1. The molecule has 1 heterocycles. The van der Waals surface area contributed by atoms with Crippen LogP contribution in [0, 0.1) is 0 Å². The van der Waals surface area contributed by atoms with E-state index in [0.29, 0.717) is 0 Å². The highest BCUT2D eigenvalue weighted by Gasteiger charge is 2.39. The van der Waals surface area contributed by atoms with Gasteiger partial charge in [-0.1, -0.05) is 31.2 Å². The van der Waals surface area contributed by atoms with Gasteiger partial charge in [0.15, 0.2) is 0 Å². The molecule has 0 spiro atoms. The fraction of sp³-hybridized carbons (Fsp3) is 0.571. The molecule has 1 aliphatic rings. The van der Waals surface area contributed by atoms with E-state index in [2.05, 4.69) is 31.2 Å². The quantitative estimate of drug-likeness (QED) is 0.825. The number of ether oxygens (including phenoxy) is 1. The molecule has 0 atom stereocenters. The zero-order chi connectivity index (χ0) is 11.4. The van der Waals surface area contributed by atoms with Crippen LogP contribution in [0.25, 0.3) is 0 Å². The van der Waals surface area contributed by atoms with Gasteiger partial charge in [0.1, 0.15) is 0 Å². The Kier molecular flexibility index (Phi) is 3.62. The zero-order valence-corrected chi connectivity index (χ0v) is 9.91. The third kappa shape index (κ3) is 2.13. The maximum atomic E-state index is 8.94. The normalized spacial score (nSPS) is 18.1. The predicted molar refractivity (Wildman–Crippen MR) is 64.6 cm³/mol. The van der Waals surface area contributed by atoms with Crippen molar-refractivity contribution < 1.29 is 9.84 Å². The van der Waals surface area contributed by atoms with Gasteiger partial charge in [0.25, 0.3) is 0 Å². The van der Waals surface area contributed by atoms with Crippen molar-refractivity contribution in [1.82, 2.24) is 0 Å². The standard InChI is InChI=1S/C14H20O2/c1-2-12-4-6-13(7-5-12)14(8-3-9-15)10-16-11-14/h4-7,15H,2-3,8-11H2,1H3. The lowest BCUT2D eigenvalue weighted by molar-refractivity contribution is -0.0665. The molecule has 0 aliphatic carbocycles. The zero-order valence-electron chi connectivity index (χ0n) is 9.91. The molecule has 1 N–H and O–H groups in total. The molecule has 0 radical (unpaired) electrons. The van der Waals surface area contributed by atoms with E-state index in [4.69, 9.17) is 9.84 Å². The summed E-state index contributed by atoms with van der Waals surface area (Å²) in [6.45, 7) is 4.05. The van der Waals surface area contributed by atoms with Crippen LogP contribution in [0.4, 0.5) is 0 Å². The minimum atomic E-state index is 0.176. The summed E-state index contributed by atoms with van der Waals surface area (Å²) >= 11 is 0. The van der Waals surface area contributed by atoms with Crippen molar-refractivity contribution in [2.45, 2.75) is 31.6 Å². The molecule has 0 bridgehead atoms. The van der Waals surface area contributed by atoms with Gasteiger partial charge in [0.05, 0.1) is 13.2 Å². The molecule has 1 saturated heterocycles. The van der Waals surface area contributed by atoms with Crippen molar-refractivity contribution in [2.75, 3.05) is 19.8 Å². The van der Waals surface area contributed by atoms with Gasteiger partial charge in [-0.25, -0.2) is 0 Å². The molecular weight excluding hydrogens is 200 g/mol. The van der Waals surface area contributed by atoms with Crippen LogP contribution >= 0.6 is 0 Å². The van der Waals surface area contributed by atoms with Crippen LogP contribution in [0.5, 0.6) is 0 Å². The van der Waals surface area contributed by atoms with Crippen LogP contribution in [0.15, 0.2) is 24.3 Å². The van der Waals surface area contributed by atoms with Gasteiger partial charge in [-0.05, 0) is 30.4 Å². The van der Waals surface area contributed by atoms with Crippen molar-refractivity contribution in [3.8, 4) is 0 Å². The summed E-state index contributed by atoms with van der Waals surface area (Å²) in [5, 5.41) is 8.94. The summed E-state index contributed by atoms with van der Waals surface area (Å²) in [5.41, 5.74) is 2.92. The molecular formula is C14H20O2. The Morgan fingerprint density at radius 1 is 1.25 bits per heavy atom. The first-order chi connectivity index (χ1) is 7.80. The number of hydrogen-bond acceptors (Lipinski definition) is 2. The van der Waals surface area contributed by atoms with Crippen molar-refractivity contribution >= 4 is 0 Å². The van der Waals surface area contributed by atoms with Crippen LogP contribution in [0.2, 0.25) is 0 Å². The van der Waals surface area contributed by atoms with E-state index in [1.807, 2.05) is 0 Å². The molecule has 1 aromatic carbocycles. The molecule has 0 saturated carbocycles. The lowest BCUT2D eigenvalue weighted by Crippen LogP contribution is -2.46. The van der Waals surface area contributed by atoms with E-state index in [9.17, 15) is 0 Å². The van der Waals surface area contributed by atoms with Crippen molar-refractivity contribution in [3.05, 3.63) is 35.4 Å². The van der Waals surface area contributed by atoms with E-state index < -0.39 is 0 Å². The van der Waals surface area contributed by atoms with Crippen LogP contribution in [0.3, 0.4) is 0 Å². The highest BCUT2D eigenvalue weighted by atomic mass is 16.5. The number of aliphatic hydroxyl groups excluding tert-OH is 1. The summed E-state index contributed by atoms with van der Waals surface area (Å²) in [6, 6.07) is 8.85. The van der Waals surface area contributed by atoms with Gasteiger partial charge in [0.2, 0.25) is 0 Å². The molecule has 2 heteroatoms. The fourth-order valence-electron chi connectivity index (χ4n) is 2.32. The smallest absolute Gasteiger partial charge is 0.0585 e. The van der Waals surface area contributed by atoms with Crippen LogP contribution in [-0.2, 0) is 16.6 Å². The molecule has 2 nitrogen and oxygen atoms in total. The summed E-state index contributed by atoms with van der Waals surface area (Å²) < 4.78 is 5.36. The van der Waals surface area contributed by atoms with Gasteiger partial charge < -0.3 is 9.84 Å². The predicted octanol–water partition coefficient (Wildman–Crippen LogP) is 2.29. The third-order valence-electron chi connectivity index (χ3n) is 3.54. The first-order valence-electron chi connectivity index (χ1n) is 6.09. The molecule has 0 amide bonds. The number of benzene rings is 1. The van der Waals surface area contributed by atoms with Gasteiger partial charge in [-0.3, -0.25) is 0 Å². The summed E-state index contributed by atoms with van der Waals surface area (Å²) in [4.78, 5) is 0. The molecule has 1 fully saturated rings. The van der Waals surface area contributed by atoms with Gasteiger partial charge in [-0.2, -0.15) is 0 Å². The minimum absolute atomic E-state index is 0.176. The van der Waals surface area contributed by atoms with Gasteiger partial charge >= 0.3 is 0 Å². The summed E-state index contributed by atoms with van der Waals surface area (Å²) in [6.07, 6.45) is 2.97. The number of hydrogen-bond donors (Lipinski definition) is 1. The maximum absolute atomic E-state index is 8.94. The van der Waals surface area contributed by atoms with Crippen LogP contribution < -0.4 is 0 Å². The van der Waals surface area contributed by atoms with Crippen LogP contribution in [-0.4, -0.2) is 24.9 Å². The topological polar surface area (TPSA) is 29.5 Å². The number of rotatable bonds is 5. The summed E-state index contributed by atoms with van der Waals surface area (Å²) in [7, 11) is 0. The molecule has 2 rings (SSSR count). The number of aryl methyl sites for hydroxylation is 1. The first-order valence-corrected chi connectivity index (χ1v) is 6.09. The molecule has 16 heavy (non-hydrogen) atoms. The van der Waals surface area contributed by atoms with Gasteiger partial charge in [-0.15, -0.1) is 0 Å². The molecule has 1 aliphatic heterocycles. The largest absolute Gasteiger partial charge is 0.396 e. The fourth-order valence-corrected chi connectivity index (χ4v) is 2.32.